The normalized spacial score (nSPS) is 14.6. The van der Waals surface area contributed by atoms with Gasteiger partial charge in [-0.2, -0.15) is 0 Å². The van der Waals surface area contributed by atoms with Crippen molar-refractivity contribution in [2.75, 3.05) is 20.2 Å². The second-order valence-corrected chi connectivity index (χ2v) is 8.69. The fourth-order valence-corrected chi connectivity index (χ4v) is 4.35. The molecule has 0 saturated heterocycles. The number of hydrogen-bond donors (Lipinski definition) is 2. The first kappa shape index (κ1) is 23.9. The summed E-state index contributed by atoms with van der Waals surface area (Å²) in [5, 5.41) is 12.1. The SMILES string of the molecule is COc1ccc2c(c1C)C(c1ccc(Cl)cc1)=N[C@@H](CC(=O)NCCCCCN)c1nncn1-2. The second-order valence-electron chi connectivity index (χ2n) is 8.25. The molecule has 0 spiro atoms. The van der Waals surface area contributed by atoms with Crippen molar-refractivity contribution < 1.29 is 9.53 Å². The number of halogens is 1. The number of nitrogens with one attached hydrogen (secondary N) is 1. The predicted octanol–water partition coefficient (Wildman–Crippen LogP) is 3.77. The van der Waals surface area contributed by atoms with Gasteiger partial charge in [-0.15, -0.1) is 10.2 Å². The van der Waals surface area contributed by atoms with Crippen LogP contribution in [0.2, 0.25) is 5.02 Å². The van der Waals surface area contributed by atoms with Crippen LogP contribution in [0.3, 0.4) is 0 Å². The van der Waals surface area contributed by atoms with Crippen molar-refractivity contribution in [2.24, 2.45) is 10.7 Å². The Kier molecular flexibility index (Phi) is 7.59. The third kappa shape index (κ3) is 4.98. The van der Waals surface area contributed by atoms with Crippen LogP contribution in [0.25, 0.3) is 5.69 Å². The van der Waals surface area contributed by atoms with Gasteiger partial charge in [0.15, 0.2) is 5.82 Å². The van der Waals surface area contributed by atoms with E-state index in [0.717, 1.165) is 53.1 Å². The lowest BCUT2D eigenvalue weighted by molar-refractivity contribution is -0.121. The van der Waals surface area contributed by atoms with E-state index in [-0.39, 0.29) is 12.3 Å². The molecule has 0 aliphatic carbocycles. The summed E-state index contributed by atoms with van der Waals surface area (Å²) >= 11 is 6.15. The van der Waals surface area contributed by atoms with Gasteiger partial charge in [0.1, 0.15) is 18.1 Å². The number of ether oxygens (including phenoxy) is 1. The minimum atomic E-state index is -0.505. The van der Waals surface area contributed by atoms with Crippen LogP contribution < -0.4 is 15.8 Å². The summed E-state index contributed by atoms with van der Waals surface area (Å²) < 4.78 is 7.51. The minimum absolute atomic E-state index is 0.0771. The van der Waals surface area contributed by atoms with E-state index in [2.05, 4.69) is 15.5 Å². The summed E-state index contributed by atoms with van der Waals surface area (Å²) in [5.74, 6) is 1.29. The Hall–Kier alpha value is -3.23. The number of fused-ring (bicyclic) bond motifs is 3. The van der Waals surface area contributed by atoms with Crippen LogP contribution in [0.1, 0.15) is 54.2 Å². The monoisotopic (exact) mass is 480 g/mol. The van der Waals surface area contributed by atoms with Crippen molar-refractivity contribution in [2.45, 2.75) is 38.6 Å². The highest BCUT2D eigenvalue weighted by atomic mass is 35.5. The van der Waals surface area contributed by atoms with Gasteiger partial charge in [0.05, 0.1) is 24.9 Å². The minimum Gasteiger partial charge on any atom is -0.496 e. The number of hydrogen-bond acceptors (Lipinski definition) is 6. The lowest BCUT2D eigenvalue weighted by Crippen LogP contribution is -2.26. The van der Waals surface area contributed by atoms with Crippen LogP contribution in [0.5, 0.6) is 5.75 Å². The molecule has 9 heteroatoms. The van der Waals surface area contributed by atoms with Gasteiger partial charge in [-0.05, 0) is 50.6 Å². The van der Waals surface area contributed by atoms with Gasteiger partial charge in [0.2, 0.25) is 5.91 Å². The van der Waals surface area contributed by atoms with Crippen molar-refractivity contribution in [3.05, 3.63) is 70.3 Å². The molecule has 3 N–H and O–H groups in total. The van der Waals surface area contributed by atoms with Crippen LogP contribution in [-0.4, -0.2) is 46.6 Å². The van der Waals surface area contributed by atoms with Gasteiger partial charge in [-0.3, -0.25) is 14.4 Å². The first-order chi connectivity index (χ1) is 16.5. The van der Waals surface area contributed by atoms with Crippen LogP contribution in [0.4, 0.5) is 0 Å². The zero-order chi connectivity index (χ0) is 24.1. The second kappa shape index (κ2) is 10.8. The van der Waals surface area contributed by atoms with Crippen molar-refractivity contribution in [1.29, 1.82) is 0 Å². The standard InChI is InChI=1S/C25H29ClN6O2/c1-16-21(34-2)11-10-20-23(16)24(17-6-8-18(26)9-7-17)30-19(25-31-29-15-32(20)25)14-22(33)28-13-5-3-4-12-27/h6-11,15,19H,3-5,12-14,27H2,1-2H3,(H,28,33)/t19-/m0/s1. The summed E-state index contributed by atoms with van der Waals surface area (Å²) in [6.45, 7) is 3.28. The van der Waals surface area contributed by atoms with Gasteiger partial charge >= 0.3 is 0 Å². The fraction of sp³-hybridized carbons (Fsp3) is 0.360. The molecule has 4 rings (SSSR count). The maximum Gasteiger partial charge on any atom is 0.222 e. The molecule has 3 aromatic rings. The number of nitrogens with zero attached hydrogens (tertiary/aromatic N) is 4. The van der Waals surface area contributed by atoms with Crippen molar-refractivity contribution in [3.63, 3.8) is 0 Å². The molecular weight excluding hydrogens is 452 g/mol. The first-order valence-corrected chi connectivity index (χ1v) is 11.8. The molecule has 1 aliphatic rings. The number of rotatable bonds is 9. The maximum atomic E-state index is 12.8. The zero-order valence-corrected chi connectivity index (χ0v) is 20.2. The van der Waals surface area contributed by atoms with E-state index in [4.69, 9.17) is 27.1 Å². The summed E-state index contributed by atoms with van der Waals surface area (Å²) in [6, 6.07) is 10.9. The van der Waals surface area contributed by atoms with Crippen LogP contribution >= 0.6 is 11.6 Å². The van der Waals surface area contributed by atoms with Gasteiger partial charge in [0.25, 0.3) is 0 Å². The molecule has 2 aromatic carbocycles. The lowest BCUT2D eigenvalue weighted by Gasteiger charge is -2.17. The average molecular weight is 481 g/mol. The number of aromatic nitrogens is 3. The predicted molar refractivity (Wildman–Crippen MR) is 133 cm³/mol. The highest BCUT2D eigenvalue weighted by molar-refractivity contribution is 6.30. The molecular formula is C25H29ClN6O2. The Labute approximate surface area is 204 Å². The third-order valence-electron chi connectivity index (χ3n) is 5.97. The third-order valence-corrected chi connectivity index (χ3v) is 6.22. The van der Waals surface area contributed by atoms with Gasteiger partial charge in [-0.1, -0.05) is 30.2 Å². The van der Waals surface area contributed by atoms with Crippen molar-refractivity contribution in [3.8, 4) is 11.4 Å². The molecule has 1 atom stereocenters. The number of carbonyl (C=O) groups is 1. The highest BCUT2D eigenvalue weighted by Gasteiger charge is 2.30. The van der Waals surface area contributed by atoms with Crippen LogP contribution in [0, 0.1) is 6.92 Å². The molecule has 1 aliphatic heterocycles. The first-order valence-electron chi connectivity index (χ1n) is 11.4. The Bertz CT molecular complexity index is 1190. The summed E-state index contributed by atoms with van der Waals surface area (Å²) in [4.78, 5) is 17.9. The quantitative estimate of drug-likeness (QED) is 0.453. The zero-order valence-electron chi connectivity index (χ0n) is 19.4. The lowest BCUT2D eigenvalue weighted by atomic mass is 9.95. The number of unbranched alkanes of at least 4 members (excludes halogenated alkanes) is 2. The molecule has 8 nitrogen and oxygen atoms in total. The van der Waals surface area contributed by atoms with E-state index < -0.39 is 6.04 Å². The Morgan fingerprint density at radius 1 is 1.18 bits per heavy atom. The summed E-state index contributed by atoms with van der Waals surface area (Å²) in [7, 11) is 1.65. The van der Waals surface area contributed by atoms with Crippen molar-refractivity contribution >= 4 is 23.2 Å². The fourth-order valence-electron chi connectivity index (χ4n) is 4.22. The topological polar surface area (TPSA) is 107 Å². The van der Waals surface area contributed by atoms with Gasteiger partial charge in [-0.25, -0.2) is 0 Å². The Morgan fingerprint density at radius 3 is 2.71 bits per heavy atom. The number of nitrogens with two attached hydrogens (primary N) is 1. The van der Waals surface area contributed by atoms with E-state index in [0.29, 0.717) is 23.9 Å². The number of benzene rings is 2. The smallest absolute Gasteiger partial charge is 0.222 e. The molecule has 0 saturated carbocycles. The largest absolute Gasteiger partial charge is 0.496 e. The van der Waals surface area contributed by atoms with E-state index >= 15 is 0 Å². The average Bonchev–Trinajstić information content (AvgIpc) is 3.28. The van der Waals surface area contributed by atoms with E-state index in [9.17, 15) is 4.79 Å². The number of methoxy groups -OCH3 is 1. The molecule has 0 fully saturated rings. The molecule has 2 heterocycles. The molecule has 1 amide bonds. The summed E-state index contributed by atoms with van der Waals surface area (Å²) in [6.07, 6.45) is 4.67. The maximum absolute atomic E-state index is 12.8. The molecule has 1 aromatic heterocycles. The Balaban J connectivity index is 1.75. The molecule has 34 heavy (non-hydrogen) atoms. The van der Waals surface area contributed by atoms with Crippen LogP contribution in [-0.2, 0) is 4.79 Å². The highest BCUT2D eigenvalue weighted by Crippen LogP contribution is 2.36. The molecule has 0 radical (unpaired) electrons. The van der Waals surface area contributed by atoms with E-state index in [1.54, 1.807) is 13.4 Å². The van der Waals surface area contributed by atoms with Crippen molar-refractivity contribution in [1.82, 2.24) is 20.1 Å². The number of aliphatic imine (C=N–C) groups is 1. The van der Waals surface area contributed by atoms with E-state index in [1.165, 1.54) is 0 Å². The van der Waals surface area contributed by atoms with Gasteiger partial charge < -0.3 is 15.8 Å². The molecule has 0 unspecified atom stereocenters. The number of carbonyl (C=O) groups excluding carboxylic acids is 1. The Morgan fingerprint density at radius 2 is 1.97 bits per heavy atom. The van der Waals surface area contributed by atoms with Crippen LogP contribution in [0.15, 0.2) is 47.7 Å². The molecule has 178 valence electrons. The van der Waals surface area contributed by atoms with Gasteiger partial charge in [0, 0.05) is 28.3 Å². The van der Waals surface area contributed by atoms with E-state index in [1.807, 2.05) is 47.9 Å². The molecule has 0 bridgehead atoms. The number of amides is 1. The summed E-state index contributed by atoms with van der Waals surface area (Å²) in [5.41, 5.74) is 9.94.